The summed E-state index contributed by atoms with van der Waals surface area (Å²) < 4.78 is 0. The van der Waals surface area contributed by atoms with Crippen molar-refractivity contribution in [2.45, 2.75) is 18.8 Å². The molecule has 0 fully saturated rings. The number of nitrogens with zero attached hydrogens (tertiary/aromatic N) is 4. The Hall–Kier alpha value is -1.66. The summed E-state index contributed by atoms with van der Waals surface area (Å²) in [5, 5.41) is 31.0. The van der Waals surface area contributed by atoms with Crippen LogP contribution < -0.4 is 0 Å². The lowest BCUT2D eigenvalue weighted by atomic mass is 10.1. The zero-order valence-electron chi connectivity index (χ0n) is 8.43. The predicted octanol–water partition coefficient (Wildman–Crippen LogP) is 0.278. The van der Waals surface area contributed by atoms with E-state index in [9.17, 15) is 10.2 Å². The maximum absolute atomic E-state index is 9.62. The lowest BCUT2D eigenvalue weighted by molar-refractivity contribution is 0.0217. The molecule has 0 aliphatic heterocycles. The van der Waals surface area contributed by atoms with Gasteiger partial charge in [-0.15, -0.1) is 0 Å². The fraction of sp³-hybridized carbons (Fsp3) is 0.444. The van der Waals surface area contributed by atoms with Crippen molar-refractivity contribution in [2.24, 2.45) is 5.11 Å². The molecule has 3 N–H and O–H groups in total. The summed E-state index contributed by atoms with van der Waals surface area (Å²) in [6.45, 7) is -0.355. The molecule has 1 heterocycles. The van der Waals surface area contributed by atoms with Crippen LogP contribution in [0.25, 0.3) is 10.4 Å². The Bertz CT molecular complexity index is 375. The Labute approximate surface area is 91.6 Å². The van der Waals surface area contributed by atoms with E-state index in [0.29, 0.717) is 5.56 Å². The van der Waals surface area contributed by atoms with E-state index in [1.165, 1.54) is 12.3 Å². The Morgan fingerprint density at radius 3 is 2.69 bits per heavy atom. The second-order valence-electron chi connectivity index (χ2n) is 3.18. The number of rotatable bonds is 5. The summed E-state index contributed by atoms with van der Waals surface area (Å²) >= 11 is 0. The van der Waals surface area contributed by atoms with Crippen molar-refractivity contribution in [3.05, 3.63) is 40.0 Å². The predicted molar refractivity (Wildman–Crippen MR) is 55.1 cm³/mol. The van der Waals surface area contributed by atoms with Crippen molar-refractivity contribution < 1.29 is 15.3 Å². The van der Waals surface area contributed by atoms with E-state index in [1.54, 1.807) is 6.07 Å². The summed E-state index contributed by atoms with van der Waals surface area (Å²) in [5.74, 6) is 0. The smallest absolute Gasteiger partial charge is 0.122 e. The van der Waals surface area contributed by atoms with Gasteiger partial charge >= 0.3 is 0 Å². The van der Waals surface area contributed by atoms with Crippen LogP contribution in [0.5, 0.6) is 0 Å². The Morgan fingerprint density at radius 2 is 2.19 bits per heavy atom. The molecule has 0 saturated heterocycles. The highest BCUT2D eigenvalue weighted by atomic mass is 16.3. The topological polar surface area (TPSA) is 122 Å². The number of aliphatic hydroxyl groups is 3. The summed E-state index contributed by atoms with van der Waals surface area (Å²) in [7, 11) is 0. The molecule has 0 amide bonds. The van der Waals surface area contributed by atoms with E-state index in [2.05, 4.69) is 15.0 Å². The lowest BCUT2D eigenvalue weighted by Gasteiger charge is -2.15. The molecule has 0 bridgehead atoms. The first-order valence-corrected chi connectivity index (χ1v) is 4.61. The van der Waals surface area contributed by atoms with E-state index in [4.69, 9.17) is 10.6 Å². The average molecular weight is 224 g/mol. The maximum atomic E-state index is 9.62. The van der Waals surface area contributed by atoms with Crippen molar-refractivity contribution >= 4 is 0 Å². The van der Waals surface area contributed by atoms with Gasteiger partial charge in [-0.2, -0.15) is 0 Å². The fourth-order valence-corrected chi connectivity index (χ4v) is 1.12. The number of hydrogen-bond donors (Lipinski definition) is 3. The van der Waals surface area contributed by atoms with Crippen LogP contribution >= 0.6 is 0 Å². The molecule has 1 aromatic heterocycles. The summed E-state index contributed by atoms with van der Waals surface area (Å²) in [4.78, 5) is 6.35. The third-order valence-corrected chi connectivity index (χ3v) is 2.03. The third kappa shape index (κ3) is 3.18. The van der Waals surface area contributed by atoms with E-state index < -0.39 is 12.2 Å². The quantitative estimate of drug-likeness (QED) is 0.377. The van der Waals surface area contributed by atoms with Gasteiger partial charge in [0.15, 0.2) is 0 Å². The third-order valence-electron chi connectivity index (χ3n) is 2.03. The molecular formula is C9H12N4O3. The first-order valence-electron chi connectivity index (χ1n) is 4.61. The number of aliphatic hydroxyl groups excluding tert-OH is 3. The molecule has 2 atom stereocenters. The molecule has 0 radical (unpaired) electrons. The van der Waals surface area contributed by atoms with Gasteiger partial charge in [0, 0.05) is 11.1 Å². The van der Waals surface area contributed by atoms with Crippen LogP contribution in [0.2, 0.25) is 0 Å². The minimum absolute atomic E-state index is 0.134. The molecule has 0 spiro atoms. The molecule has 16 heavy (non-hydrogen) atoms. The molecule has 0 saturated carbocycles. The number of azide groups is 1. The number of pyridine rings is 1. The van der Waals surface area contributed by atoms with E-state index in [1.807, 2.05) is 0 Å². The summed E-state index contributed by atoms with van der Waals surface area (Å²) in [6.07, 6.45) is -1.000. The van der Waals surface area contributed by atoms with E-state index in [-0.39, 0.29) is 18.8 Å². The standard InChI is InChI=1S/C9H12N4O3/c10-13-12-4-8(15)9(16)7-2-1-6(5-14)3-11-7/h1-3,8-9,14-16H,4-5H2. The monoisotopic (exact) mass is 224 g/mol. The van der Waals surface area contributed by atoms with Gasteiger partial charge in [0.1, 0.15) is 6.10 Å². The molecule has 0 aliphatic rings. The first-order chi connectivity index (χ1) is 7.69. The van der Waals surface area contributed by atoms with Gasteiger partial charge in [-0.05, 0) is 17.2 Å². The van der Waals surface area contributed by atoms with Crippen molar-refractivity contribution in [1.29, 1.82) is 0 Å². The van der Waals surface area contributed by atoms with Crippen LogP contribution in [0.15, 0.2) is 23.4 Å². The zero-order chi connectivity index (χ0) is 12.0. The van der Waals surface area contributed by atoms with Crippen molar-refractivity contribution in [3.63, 3.8) is 0 Å². The average Bonchev–Trinajstić information content (AvgIpc) is 2.35. The van der Waals surface area contributed by atoms with Crippen LogP contribution in [0, 0.1) is 0 Å². The molecule has 7 nitrogen and oxygen atoms in total. The fourth-order valence-electron chi connectivity index (χ4n) is 1.12. The van der Waals surface area contributed by atoms with Crippen molar-refractivity contribution in [1.82, 2.24) is 4.98 Å². The second kappa shape index (κ2) is 6.04. The van der Waals surface area contributed by atoms with Crippen molar-refractivity contribution in [3.8, 4) is 0 Å². The van der Waals surface area contributed by atoms with Crippen LogP contribution in [0.3, 0.4) is 0 Å². The van der Waals surface area contributed by atoms with Crippen LogP contribution in [-0.2, 0) is 6.61 Å². The molecule has 2 unspecified atom stereocenters. The van der Waals surface area contributed by atoms with Crippen LogP contribution in [-0.4, -0.2) is 33.0 Å². The molecule has 0 aromatic carbocycles. The van der Waals surface area contributed by atoms with Gasteiger partial charge in [-0.3, -0.25) is 4.98 Å². The van der Waals surface area contributed by atoms with Gasteiger partial charge in [-0.25, -0.2) is 0 Å². The SMILES string of the molecule is [N-]=[N+]=NCC(O)C(O)c1ccc(CO)cn1. The first kappa shape index (κ1) is 12.4. The highest BCUT2D eigenvalue weighted by Gasteiger charge is 2.18. The van der Waals surface area contributed by atoms with Gasteiger partial charge in [0.25, 0.3) is 0 Å². The molecule has 86 valence electrons. The van der Waals surface area contributed by atoms with Gasteiger partial charge < -0.3 is 15.3 Å². The van der Waals surface area contributed by atoms with E-state index >= 15 is 0 Å². The maximum Gasteiger partial charge on any atom is 0.122 e. The molecule has 0 aliphatic carbocycles. The van der Waals surface area contributed by atoms with Crippen LogP contribution in [0.4, 0.5) is 0 Å². The molecule has 7 heteroatoms. The molecular weight excluding hydrogens is 212 g/mol. The largest absolute Gasteiger partial charge is 0.392 e. The molecule has 1 aromatic rings. The Kier molecular flexibility index (Phi) is 4.68. The highest BCUT2D eigenvalue weighted by molar-refractivity contribution is 5.15. The number of aromatic nitrogens is 1. The van der Waals surface area contributed by atoms with Gasteiger partial charge in [-0.1, -0.05) is 11.2 Å². The molecule has 1 rings (SSSR count). The van der Waals surface area contributed by atoms with E-state index in [0.717, 1.165) is 0 Å². The summed E-state index contributed by atoms with van der Waals surface area (Å²) in [5.41, 5.74) is 8.93. The normalized spacial score (nSPS) is 13.9. The summed E-state index contributed by atoms with van der Waals surface area (Å²) in [6, 6.07) is 3.08. The second-order valence-corrected chi connectivity index (χ2v) is 3.18. The van der Waals surface area contributed by atoms with Crippen LogP contribution in [0.1, 0.15) is 17.4 Å². The minimum Gasteiger partial charge on any atom is -0.392 e. The zero-order valence-corrected chi connectivity index (χ0v) is 8.43. The Morgan fingerprint density at radius 1 is 1.44 bits per heavy atom. The van der Waals surface area contributed by atoms with Crippen molar-refractivity contribution in [2.75, 3.05) is 6.54 Å². The van der Waals surface area contributed by atoms with Gasteiger partial charge in [0.2, 0.25) is 0 Å². The minimum atomic E-state index is -1.21. The number of hydrogen-bond acceptors (Lipinski definition) is 5. The van der Waals surface area contributed by atoms with Gasteiger partial charge in [0.05, 0.1) is 24.9 Å². The highest BCUT2D eigenvalue weighted by Crippen LogP contribution is 2.15. The lowest BCUT2D eigenvalue weighted by Crippen LogP contribution is -2.22. The Balaban J connectivity index is 2.71.